The molecule has 0 saturated carbocycles. The first-order chi connectivity index (χ1) is 14.2. The molecule has 1 aliphatic rings. The molecule has 1 fully saturated rings. The first-order valence-corrected chi connectivity index (χ1v) is 9.82. The molecule has 7 nitrogen and oxygen atoms in total. The van der Waals surface area contributed by atoms with E-state index < -0.39 is 0 Å². The first-order valence-electron chi connectivity index (χ1n) is 9.82. The van der Waals surface area contributed by atoms with Crippen LogP contribution in [0.2, 0.25) is 0 Å². The third kappa shape index (κ3) is 5.88. The molecule has 29 heavy (non-hydrogen) atoms. The molecule has 1 saturated heterocycles. The summed E-state index contributed by atoms with van der Waals surface area (Å²) in [6, 6.07) is 16.7. The van der Waals surface area contributed by atoms with Crippen molar-refractivity contribution < 1.29 is 19.1 Å². The van der Waals surface area contributed by atoms with E-state index in [4.69, 9.17) is 9.47 Å². The van der Waals surface area contributed by atoms with Gasteiger partial charge in [-0.25, -0.2) is 4.79 Å². The number of urea groups is 1. The van der Waals surface area contributed by atoms with E-state index in [9.17, 15) is 9.59 Å². The molecule has 154 valence electrons. The number of carbonyl (C=O) groups excluding carboxylic acids is 2. The Balaban J connectivity index is 1.36. The Morgan fingerprint density at radius 2 is 1.66 bits per heavy atom. The van der Waals surface area contributed by atoms with Crippen LogP contribution < -0.4 is 20.1 Å². The van der Waals surface area contributed by atoms with Gasteiger partial charge in [0.1, 0.15) is 6.61 Å². The fraction of sp³-hybridized carbons (Fsp3) is 0.364. The number of methoxy groups -OCH3 is 1. The minimum Gasteiger partial charge on any atom is -0.493 e. The second kappa shape index (κ2) is 10.4. The van der Waals surface area contributed by atoms with Crippen LogP contribution in [0.1, 0.15) is 12.8 Å². The highest BCUT2D eigenvalue weighted by Crippen LogP contribution is 2.25. The molecule has 3 amide bonds. The third-order valence-electron chi connectivity index (χ3n) is 4.90. The summed E-state index contributed by atoms with van der Waals surface area (Å²) in [5.41, 5.74) is 0.799. The highest BCUT2D eigenvalue weighted by molar-refractivity contribution is 5.92. The van der Waals surface area contributed by atoms with Gasteiger partial charge < -0.3 is 25.0 Å². The lowest BCUT2D eigenvalue weighted by atomic mass is 9.96. The van der Waals surface area contributed by atoms with Gasteiger partial charge in [0.25, 0.3) is 0 Å². The number of rotatable bonds is 7. The topological polar surface area (TPSA) is 79.9 Å². The predicted molar refractivity (Wildman–Crippen MR) is 111 cm³/mol. The second-order valence-electron chi connectivity index (χ2n) is 6.85. The number of hydrogen-bond donors (Lipinski definition) is 2. The molecule has 7 heteroatoms. The predicted octanol–water partition coefficient (Wildman–Crippen LogP) is 3.13. The van der Waals surface area contributed by atoms with E-state index >= 15 is 0 Å². The van der Waals surface area contributed by atoms with E-state index in [1.54, 1.807) is 12.0 Å². The monoisotopic (exact) mass is 397 g/mol. The Labute approximate surface area is 171 Å². The Morgan fingerprint density at radius 1 is 1.00 bits per heavy atom. The molecule has 2 aromatic rings. The zero-order chi connectivity index (χ0) is 20.5. The van der Waals surface area contributed by atoms with E-state index in [0.717, 1.165) is 5.69 Å². The molecule has 1 aliphatic heterocycles. The van der Waals surface area contributed by atoms with E-state index in [0.29, 0.717) is 50.6 Å². The van der Waals surface area contributed by atoms with Crippen LogP contribution in [-0.4, -0.2) is 50.2 Å². The number of anilines is 1. The van der Waals surface area contributed by atoms with Crippen LogP contribution in [0.5, 0.6) is 11.5 Å². The van der Waals surface area contributed by atoms with Gasteiger partial charge in [-0.3, -0.25) is 4.79 Å². The zero-order valence-corrected chi connectivity index (χ0v) is 16.6. The van der Waals surface area contributed by atoms with Crippen LogP contribution in [0.15, 0.2) is 54.6 Å². The lowest BCUT2D eigenvalue weighted by Gasteiger charge is -2.31. The fourth-order valence-electron chi connectivity index (χ4n) is 3.28. The van der Waals surface area contributed by atoms with Gasteiger partial charge in [-0.1, -0.05) is 30.3 Å². The van der Waals surface area contributed by atoms with Gasteiger partial charge in [0.05, 0.1) is 13.7 Å². The van der Waals surface area contributed by atoms with E-state index in [-0.39, 0.29) is 17.9 Å². The maximum atomic E-state index is 12.4. The molecule has 0 bridgehead atoms. The number of hydrogen-bond acceptors (Lipinski definition) is 4. The highest BCUT2D eigenvalue weighted by atomic mass is 16.5. The van der Waals surface area contributed by atoms with E-state index in [1.165, 1.54) is 0 Å². The first kappa shape index (κ1) is 20.5. The maximum absolute atomic E-state index is 12.4. The number of likely N-dealkylation sites (tertiary alicyclic amines) is 1. The molecule has 0 radical (unpaired) electrons. The zero-order valence-electron chi connectivity index (χ0n) is 16.6. The number of nitrogens with one attached hydrogen (secondary N) is 2. The Morgan fingerprint density at radius 3 is 2.34 bits per heavy atom. The van der Waals surface area contributed by atoms with Crippen molar-refractivity contribution in [1.29, 1.82) is 0 Å². The van der Waals surface area contributed by atoms with Gasteiger partial charge in [0.15, 0.2) is 11.5 Å². The average Bonchev–Trinajstić information content (AvgIpc) is 2.77. The standard InChI is InChI=1S/C22H27N3O4/c1-28-19-9-5-6-10-20(19)29-16-13-23-22(27)25-14-11-17(12-15-25)21(26)24-18-7-3-2-4-8-18/h2-10,17H,11-16H2,1H3,(H,23,27)(H,24,26). The van der Waals surface area contributed by atoms with Crippen molar-refractivity contribution in [2.45, 2.75) is 12.8 Å². The van der Waals surface area contributed by atoms with Crippen LogP contribution in [0.4, 0.5) is 10.5 Å². The summed E-state index contributed by atoms with van der Waals surface area (Å²) < 4.78 is 10.9. The van der Waals surface area contributed by atoms with E-state index in [2.05, 4.69) is 10.6 Å². The Kier molecular flexibility index (Phi) is 7.33. The quantitative estimate of drug-likeness (QED) is 0.704. The van der Waals surface area contributed by atoms with Crippen molar-refractivity contribution in [3.63, 3.8) is 0 Å². The van der Waals surface area contributed by atoms with Gasteiger partial charge in [-0.15, -0.1) is 0 Å². The fourth-order valence-corrected chi connectivity index (χ4v) is 3.28. The third-order valence-corrected chi connectivity index (χ3v) is 4.90. The van der Waals surface area contributed by atoms with E-state index in [1.807, 2.05) is 54.6 Å². The van der Waals surface area contributed by atoms with Gasteiger partial charge in [-0.05, 0) is 37.1 Å². The number of carbonyl (C=O) groups is 2. The Hall–Kier alpha value is -3.22. The molecular weight excluding hydrogens is 370 g/mol. The number of benzene rings is 2. The maximum Gasteiger partial charge on any atom is 0.317 e. The van der Waals surface area contributed by atoms with Crippen LogP contribution in [0.3, 0.4) is 0 Å². The van der Waals surface area contributed by atoms with Crippen LogP contribution in [-0.2, 0) is 4.79 Å². The average molecular weight is 397 g/mol. The van der Waals surface area contributed by atoms with Gasteiger partial charge in [-0.2, -0.15) is 0 Å². The van der Waals surface area contributed by atoms with Gasteiger partial charge in [0, 0.05) is 24.7 Å². The molecule has 0 atom stereocenters. The summed E-state index contributed by atoms with van der Waals surface area (Å²) >= 11 is 0. The molecule has 0 aromatic heterocycles. The van der Waals surface area contributed by atoms with Crippen molar-refractivity contribution in [3.8, 4) is 11.5 Å². The highest BCUT2D eigenvalue weighted by Gasteiger charge is 2.27. The van der Waals surface area contributed by atoms with Crippen LogP contribution in [0.25, 0.3) is 0 Å². The molecule has 0 unspecified atom stereocenters. The number of nitrogens with zero attached hydrogens (tertiary/aromatic N) is 1. The van der Waals surface area contributed by atoms with Crippen LogP contribution in [0, 0.1) is 5.92 Å². The van der Waals surface area contributed by atoms with Crippen molar-refractivity contribution in [2.75, 3.05) is 38.7 Å². The minimum absolute atomic E-state index is 0.0152. The number of ether oxygens (including phenoxy) is 2. The summed E-state index contributed by atoms with van der Waals surface area (Å²) in [6.07, 6.45) is 1.31. The summed E-state index contributed by atoms with van der Waals surface area (Å²) in [5, 5.41) is 5.80. The summed E-state index contributed by atoms with van der Waals surface area (Å²) in [6.45, 7) is 1.87. The molecule has 1 heterocycles. The molecule has 0 spiro atoms. The molecule has 2 N–H and O–H groups in total. The molecule has 3 rings (SSSR count). The van der Waals surface area contributed by atoms with Crippen molar-refractivity contribution in [1.82, 2.24) is 10.2 Å². The normalized spacial score (nSPS) is 14.2. The lowest BCUT2D eigenvalue weighted by molar-refractivity contribution is -0.121. The number of para-hydroxylation sites is 3. The minimum atomic E-state index is -0.129. The molecule has 0 aliphatic carbocycles. The SMILES string of the molecule is COc1ccccc1OCCNC(=O)N1CCC(C(=O)Nc2ccccc2)CC1. The molecule has 2 aromatic carbocycles. The Bertz CT molecular complexity index is 805. The van der Waals surface area contributed by atoms with Crippen molar-refractivity contribution >= 4 is 17.6 Å². The second-order valence-corrected chi connectivity index (χ2v) is 6.85. The number of amides is 3. The largest absolute Gasteiger partial charge is 0.493 e. The van der Waals surface area contributed by atoms with Gasteiger partial charge >= 0.3 is 6.03 Å². The van der Waals surface area contributed by atoms with Crippen molar-refractivity contribution in [3.05, 3.63) is 54.6 Å². The molecular formula is C22H27N3O4. The number of piperidine rings is 1. The summed E-state index contributed by atoms with van der Waals surface area (Å²) in [4.78, 5) is 26.5. The van der Waals surface area contributed by atoms with Gasteiger partial charge in [0.2, 0.25) is 5.91 Å². The lowest BCUT2D eigenvalue weighted by Crippen LogP contribution is -2.46. The van der Waals surface area contributed by atoms with Crippen molar-refractivity contribution in [2.24, 2.45) is 5.92 Å². The smallest absolute Gasteiger partial charge is 0.317 e. The van der Waals surface area contributed by atoms with Crippen LogP contribution >= 0.6 is 0 Å². The summed E-state index contributed by atoms with van der Waals surface area (Å²) in [7, 11) is 1.59. The summed E-state index contributed by atoms with van der Waals surface area (Å²) in [5.74, 6) is 1.25.